The van der Waals surface area contributed by atoms with Gasteiger partial charge < -0.3 is 20.1 Å². The minimum Gasteiger partial charge on any atom is -0.460 e. The van der Waals surface area contributed by atoms with Gasteiger partial charge in [-0.05, 0) is 48.9 Å². The molecule has 3 rings (SSSR count). The highest BCUT2D eigenvalue weighted by molar-refractivity contribution is 5.96. The molecule has 0 saturated heterocycles. The minimum absolute atomic E-state index is 0.00330. The Hall–Kier alpha value is -4.73. The summed E-state index contributed by atoms with van der Waals surface area (Å²) in [6.45, 7) is 1.30. The number of nitro benzene ring substituents is 1. The quantitative estimate of drug-likeness (QED) is 0.260. The first-order chi connectivity index (χ1) is 16.8. The van der Waals surface area contributed by atoms with Gasteiger partial charge in [-0.2, -0.15) is 0 Å². The lowest BCUT2D eigenvalue weighted by atomic mass is 10.1. The molecule has 0 atom stereocenters. The van der Waals surface area contributed by atoms with Crippen molar-refractivity contribution < 1.29 is 28.8 Å². The standard InChI is InChI=1S/C25H23N3O7/c1-17-2-6-19(7-3-17)25(31)27-14-23(29)26-15-24(30)34-16-18-4-10-21(11-5-18)35-22-12-8-20(9-13-22)28(32)33/h2-13H,14-16H2,1H3,(H,26,29)(H,27,31). The fourth-order valence-corrected chi connectivity index (χ4v) is 2.84. The van der Waals surface area contributed by atoms with Gasteiger partial charge in [0, 0.05) is 17.7 Å². The van der Waals surface area contributed by atoms with Crippen molar-refractivity contribution in [1.29, 1.82) is 0 Å². The van der Waals surface area contributed by atoms with Gasteiger partial charge in [0.2, 0.25) is 5.91 Å². The molecule has 180 valence electrons. The number of nitrogens with zero attached hydrogens (tertiary/aromatic N) is 1. The Morgan fingerprint density at radius 2 is 1.43 bits per heavy atom. The van der Waals surface area contributed by atoms with Crippen LogP contribution < -0.4 is 15.4 Å². The van der Waals surface area contributed by atoms with Crippen LogP contribution in [0.4, 0.5) is 5.69 Å². The van der Waals surface area contributed by atoms with E-state index in [4.69, 9.17) is 9.47 Å². The predicted molar refractivity (Wildman–Crippen MR) is 126 cm³/mol. The number of carbonyl (C=O) groups is 3. The number of esters is 1. The molecule has 0 aromatic heterocycles. The van der Waals surface area contributed by atoms with E-state index in [9.17, 15) is 24.5 Å². The fourth-order valence-electron chi connectivity index (χ4n) is 2.84. The van der Waals surface area contributed by atoms with E-state index in [0.717, 1.165) is 5.56 Å². The van der Waals surface area contributed by atoms with Gasteiger partial charge in [-0.15, -0.1) is 0 Å². The molecule has 0 aliphatic rings. The molecule has 0 heterocycles. The maximum Gasteiger partial charge on any atom is 0.325 e. The molecule has 3 aromatic carbocycles. The van der Waals surface area contributed by atoms with Gasteiger partial charge >= 0.3 is 5.97 Å². The van der Waals surface area contributed by atoms with Gasteiger partial charge in [-0.1, -0.05) is 29.8 Å². The zero-order valence-electron chi connectivity index (χ0n) is 18.9. The zero-order chi connectivity index (χ0) is 25.2. The predicted octanol–water partition coefficient (Wildman–Crippen LogP) is 3.28. The molecule has 2 amide bonds. The number of benzene rings is 3. The average molecular weight is 477 g/mol. The highest BCUT2D eigenvalue weighted by atomic mass is 16.6. The van der Waals surface area contributed by atoms with Crippen molar-refractivity contribution in [2.45, 2.75) is 13.5 Å². The van der Waals surface area contributed by atoms with Crippen molar-refractivity contribution in [1.82, 2.24) is 10.6 Å². The molecule has 0 fully saturated rings. The number of hydrogen-bond acceptors (Lipinski definition) is 7. The van der Waals surface area contributed by atoms with Crippen LogP contribution in [0.15, 0.2) is 72.8 Å². The highest BCUT2D eigenvalue weighted by Gasteiger charge is 2.10. The van der Waals surface area contributed by atoms with Crippen LogP contribution >= 0.6 is 0 Å². The molecule has 0 bridgehead atoms. The molecule has 10 heteroatoms. The van der Waals surface area contributed by atoms with Crippen LogP contribution in [0.2, 0.25) is 0 Å². The van der Waals surface area contributed by atoms with E-state index in [0.29, 0.717) is 22.6 Å². The molecule has 0 saturated carbocycles. The summed E-state index contributed by atoms with van der Waals surface area (Å²) >= 11 is 0. The number of carbonyl (C=O) groups excluding carboxylic acids is 3. The average Bonchev–Trinajstić information content (AvgIpc) is 2.86. The Bertz CT molecular complexity index is 1190. The first-order valence-corrected chi connectivity index (χ1v) is 10.6. The largest absolute Gasteiger partial charge is 0.460 e. The molecule has 0 radical (unpaired) electrons. The molecule has 2 N–H and O–H groups in total. The van der Waals surface area contributed by atoms with Gasteiger partial charge in [0.15, 0.2) is 0 Å². The normalized spacial score (nSPS) is 10.2. The number of aryl methyl sites for hydroxylation is 1. The minimum atomic E-state index is -0.630. The molecule has 10 nitrogen and oxygen atoms in total. The third-order valence-electron chi connectivity index (χ3n) is 4.76. The molecular weight excluding hydrogens is 454 g/mol. The summed E-state index contributed by atoms with van der Waals surface area (Å²) in [7, 11) is 0. The third-order valence-corrected chi connectivity index (χ3v) is 4.76. The van der Waals surface area contributed by atoms with Crippen LogP contribution in [-0.4, -0.2) is 35.8 Å². The van der Waals surface area contributed by atoms with E-state index in [1.54, 1.807) is 48.5 Å². The van der Waals surface area contributed by atoms with Crippen LogP contribution in [0.1, 0.15) is 21.5 Å². The number of nitrogens with one attached hydrogen (secondary N) is 2. The number of ether oxygens (including phenoxy) is 2. The van der Waals surface area contributed by atoms with Crippen LogP contribution in [0, 0.1) is 17.0 Å². The third kappa shape index (κ3) is 7.97. The van der Waals surface area contributed by atoms with Crippen molar-refractivity contribution in [3.8, 4) is 11.5 Å². The van der Waals surface area contributed by atoms with Gasteiger partial charge in [0.05, 0.1) is 11.5 Å². The first kappa shape index (κ1) is 24.9. The molecule has 0 aliphatic carbocycles. The van der Waals surface area contributed by atoms with Gasteiger partial charge in [0.25, 0.3) is 11.6 Å². The second kappa shape index (κ2) is 11.9. The Morgan fingerprint density at radius 3 is 2.03 bits per heavy atom. The van der Waals surface area contributed by atoms with Crippen LogP contribution in [-0.2, 0) is 20.9 Å². The molecule has 3 aromatic rings. The van der Waals surface area contributed by atoms with Crippen molar-refractivity contribution in [2.24, 2.45) is 0 Å². The van der Waals surface area contributed by atoms with Crippen molar-refractivity contribution >= 4 is 23.5 Å². The van der Waals surface area contributed by atoms with Crippen molar-refractivity contribution in [3.63, 3.8) is 0 Å². The number of nitro groups is 1. The van der Waals surface area contributed by atoms with E-state index in [1.807, 2.05) is 6.92 Å². The topological polar surface area (TPSA) is 137 Å². The summed E-state index contributed by atoms with van der Waals surface area (Å²) < 4.78 is 10.8. The summed E-state index contributed by atoms with van der Waals surface area (Å²) in [5, 5.41) is 15.6. The molecule has 35 heavy (non-hydrogen) atoms. The fraction of sp³-hybridized carbons (Fsp3) is 0.160. The van der Waals surface area contributed by atoms with Crippen LogP contribution in [0.5, 0.6) is 11.5 Å². The van der Waals surface area contributed by atoms with Crippen LogP contribution in [0.3, 0.4) is 0 Å². The smallest absolute Gasteiger partial charge is 0.325 e. The number of hydrogen-bond donors (Lipinski definition) is 2. The number of amides is 2. The number of non-ortho nitro benzene ring substituents is 1. The van der Waals surface area contributed by atoms with E-state index in [1.165, 1.54) is 24.3 Å². The summed E-state index contributed by atoms with van der Waals surface area (Å²) in [4.78, 5) is 46.0. The Balaban J connectivity index is 1.36. The second-order valence-corrected chi connectivity index (χ2v) is 7.48. The van der Waals surface area contributed by atoms with Gasteiger partial charge in [-0.25, -0.2) is 0 Å². The Labute approximate surface area is 201 Å². The van der Waals surface area contributed by atoms with E-state index >= 15 is 0 Å². The highest BCUT2D eigenvalue weighted by Crippen LogP contribution is 2.24. The van der Waals surface area contributed by atoms with Crippen molar-refractivity contribution in [2.75, 3.05) is 13.1 Å². The van der Waals surface area contributed by atoms with Gasteiger partial charge in [-0.3, -0.25) is 24.5 Å². The monoisotopic (exact) mass is 477 g/mol. The lowest BCUT2D eigenvalue weighted by Gasteiger charge is -2.09. The first-order valence-electron chi connectivity index (χ1n) is 10.6. The summed E-state index contributed by atoms with van der Waals surface area (Å²) in [5.74, 6) is -0.581. The SMILES string of the molecule is Cc1ccc(C(=O)NCC(=O)NCC(=O)OCc2ccc(Oc3ccc([N+](=O)[O-])cc3)cc2)cc1. The number of rotatable bonds is 10. The molecule has 0 spiro atoms. The lowest BCUT2D eigenvalue weighted by Crippen LogP contribution is -2.39. The van der Waals surface area contributed by atoms with Crippen LogP contribution in [0.25, 0.3) is 0 Å². The molecule has 0 aliphatic heterocycles. The Morgan fingerprint density at radius 1 is 0.829 bits per heavy atom. The molecule has 0 unspecified atom stereocenters. The van der Waals surface area contributed by atoms with E-state index < -0.39 is 16.8 Å². The second-order valence-electron chi connectivity index (χ2n) is 7.48. The van der Waals surface area contributed by atoms with E-state index in [2.05, 4.69) is 10.6 Å². The summed E-state index contributed by atoms with van der Waals surface area (Å²) in [6.07, 6.45) is 0. The maximum atomic E-state index is 12.0. The van der Waals surface area contributed by atoms with E-state index in [-0.39, 0.29) is 31.3 Å². The van der Waals surface area contributed by atoms with Gasteiger partial charge in [0.1, 0.15) is 24.7 Å². The Kier molecular flexibility index (Phi) is 8.49. The lowest BCUT2D eigenvalue weighted by molar-refractivity contribution is -0.384. The molecular formula is C25H23N3O7. The van der Waals surface area contributed by atoms with Crippen molar-refractivity contribution in [3.05, 3.63) is 99.6 Å². The summed E-state index contributed by atoms with van der Waals surface area (Å²) in [5.41, 5.74) is 2.13. The zero-order valence-corrected chi connectivity index (χ0v) is 18.9. The maximum absolute atomic E-state index is 12.0. The summed E-state index contributed by atoms with van der Waals surface area (Å²) in [6, 6.07) is 19.3.